The van der Waals surface area contributed by atoms with Gasteiger partial charge in [0.25, 0.3) is 5.91 Å². The van der Waals surface area contributed by atoms with Crippen molar-refractivity contribution >= 4 is 66.7 Å². The van der Waals surface area contributed by atoms with Gasteiger partial charge in [0.1, 0.15) is 11.3 Å². The number of carbonyl (C=O) groups is 1. The number of amides is 1. The Bertz CT molecular complexity index is 1610. The third-order valence-corrected chi connectivity index (χ3v) is 6.56. The van der Waals surface area contributed by atoms with Crippen LogP contribution >= 0.6 is 28.1 Å². The number of halogens is 1. The average Bonchev–Trinajstić information content (AvgIpc) is 3.28. The van der Waals surface area contributed by atoms with Crippen molar-refractivity contribution in [2.24, 2.45) is 0 Å². The first kappa shape index (κ1) is 23.0. The molecule has 1 amide bonds. The van der Waals surface area contributed by atoms with E-state index in [-0.39, 0.29) is 11.0 Å². The van der Waals surface area contributed by atoms with Crippen LogP contribution in [0, 0.1) is 6.92 Å². The number of oxazole rings is 1. The smallest absolute Gasteiger partial charge is 0.258 e. The van der Waals surface area contributed by atoms with Gasteiger partial charge in [0, 0.05) is 27.4 Å². The van der Waals surface area contributed by atoms with E-state index in [1.165, 1.54) is 0 Å². The molecule has 0 bridgehead atoms. The van der Waals surface area contributed by atoms with Crippen LogP contribution in [0.2, 0.25) is 0 Å². The number of nitrogens with zero attached hydrogens (tertiary/aromatic N) is 1. The van der Waals surface area contributed by atoms with Gasteiger partial charge in [-0.25, -0.2) is 4.98 Å². The van der Waals surface area contributed by atoms with Crippen molar-refractivity contribution < 1.29 is 13.9 Å². The van der Waals surface area contributed by atoms with Crippen molar-refractivity contribution in [3.63, 3.8) is 0 Å². The Morgan fingerprint density at radius 1 is 1.03 bits per heavy atom. The van der Waals surface area contributed by atoms with E-state index in [1.807, 2.05) is 73.7 Å². The second-order valence-corrected chi connectivity index (χ2v) is 9.19. The maximum absolute atomic E-state index is 13.0. The number of thiocarbonyl (C=S) groups is 1. The van der Waals surface area contributed by atoms with Gasteiger partial charge in [0.2, 0.25) is 5.89 Å². The van der Waals surface area contributed by atoms with Gasteiger partial charge in [0.05, 0.1) is 7.11 Å². The highest BCUT2D eigenvalue weighted by Gasteiger charge is 2.15. The van der Waals surface area contributed by atoms with E-state index in [2.05, 4.69) is 31.5 Å². The lowest BCUT2D eigenvalue weighted by atomic mass is 10.0. The predicted molar refractivity (Wildman–Crippen MR) is 146 cm³/mol. The lowest BCUT2D eigenvalue weighted by Crippen LogP contribution is -2.34. The lowest BCUT2D eigenvalue weighted by molar-refractivity contribution is 0.0979. The minimum absolute atomic E-state index is 0.199. The SMILES string of the molecule is COc1ccc2oc(-c3ccc(C)c(NC(=S)NC(=O)c4cccc5c(Br)cccc45)c3)nc2c1. The summed E-state index contributed by atoms with van der Waals surface area (Å²) in [4.78, 5) is 17.6. The largest absolute Gasteiger partial charge is 0.497 e. The highest BCUT2D eigenvalue weighted by molar-refractivity contribution is 9.10. The summed E-state index contributed by atoms with van der Waals surface area (Å²) in [7, 11) is 1.61. The fourth-order valence-electron chi connectivity index (χ4n) is 3.84. The van der Waals surface area contributed by atoms with E-state index in [4.69, 9.17) is 21.4 Å². The van der Waals surface area contributed by atoms with Crippen LogP contribution in [0.3, 0.4) is 0 Å². The Morgan fingerprint density at radius 3 is 2.66 bits per heavy atom. The van der Waals surface area contributed by atoms with Crippen molar-refractivity contribution in [2.75, 3.05) is 12.4 Å². The van der Waals surface area contributed by atoms with E-state index >= 15 is 0 Å². The van der Waals surface area contributed by atoms with E-state index in [0.29, 0.717) is 28.3 Å². The highest BCUT2D eigenvalue weighted by atomic mass is 79.9. The molecule has 174 valence electrons. The summed E-state index contributed by atoms with van der Waals surface area (Å²) in [5.74, 6) is 0.906. The van der Waals surface area contributed by atoms with Crippen LogP contribution in [0.4, 0.5) is 5.69 Å². The van der Waals surface area contributed by atoms with Crippen molar-refractivity contribution in [1.29, 1.82) is 0 Å². The van der Waals surface area contributed by atoms with E-state index in [9.17, 15) is 4.79 Å². The normalized spacial score (nSPS) is 10.9. The molecule has 1 heterocycles. The van der Waals surface area contributed by atoms with Crippen molar-refractivity contribution in [3.05, 3.63) is 88.4 Å². The van der Waals surface area contributed by atoms with Crippen molar-refractivity contribution in [2.45, 2.75) is 6.92 Å². The molecule has 0 atom stereocenters. The lowest BCUT2D eigenvalue weighted by Gasteiger charge is -2.13. The molecule has 0 spiro atoms. The van der Waals surface area contributed by atoms with E-state index in [0.717, 1.165) is 32.1 Å². The number of carbonyl (C=O) groups excluding carboxylic acids is 1. The number of ether oxygens (including phenoxy) is 1. The molecule has 0 saturated heterocycles. The molecule has 4 aromatic carbocycles. The molecule has 0 fully saturated rings. The number of hydrogen-bond donors (Lipinski definition) is 2. The van der Waals surface area contributed by atoms with Crippen LogP contribution < -0.4 is 15.4 Å². The average molecular weight is 546 g/mol. The molecule has 6 nitrogen and oxygen atoms in total. The molecule has 0 aliphatic rings. The van der Waals surface area contributed by atoms with Gasteiger partial charge >= 0.3 is 0 Å². The second-order valence-electron chi connectivity index (χ2n) is 7.93. The molecule has 1 aromatic heterocycles. The molecule has 0 saturated carbocycles. The van der Waals surface area contributed by atoms with E-state index < -0.39 is 0 Å². The molecule has 2 N–H and O–H groups in total. The summed E-state index contributed by atoms with van der Waals surface area (Å²) in [5, 5.41) is 7.92. The quantitative estimate of drug-likeness (QED) is 0.240. The number of hydrogen-bond acceptors (Lipinski definition) is 5. The van der Waals surface area contributed by atoms with Crippen LogP contribution in [-0.2, 0) is 0 Å². The van der Waals surface area contributed by atoms with Crippen LogP contribution in [0.25, 0.3) is 33.3 Å². The maximum Gasteiger partial charge on any atom is 0.258 e. The van der Waals surface area contributed by atoms with Crippen LogP contribution in [-0.4, -0.2) is 23.1 Å². The summed E-state index contributed by atoms with van der Waals surface area (Å²) >= 11 is 8.99. The molecule has 0 radical (unpaired) electrons. The fraction of sp³-hybridized carbons (Fsp3) is 0.0741. The van der Waals surface area contributed by atoms with Crippen LogP contribution in [0.1, 0.15) is 15.9 Å². The van der Waals surface area contributed by atoms with Crippen molar-refractivity contribution in [1.82, 2.24) is 10.3 Å². The Labute approximate surface area is 215 Å². The minimum atomic E-state index is -0.284. The zero-order chi connectivity index (χ0) is 24.5. The molecule has 8 heteroatoms. The monoisotopic (exact) mass is 545 g/mol. The zero-order valence-electron chi connectivity index (χ0n) is 18.9. The van der Waals surface area contributed by atoms with Gasteiger partial charge < -0.3 is 14.5 Å². The number of aromatic nitrogens is 1. The molecule has 0 aliphatic heterocycles. The Balaban J connectivity index is 1.37. The third-order valence-electron chi connectivity index (χ3n) is 5.67. The Kier molecular flexibility index (Phi) is 6.23. The molecular weight excluding hydrogens is 526 g/mol. The molecule has 0 unspecified atom stereocenters. The van der Waals surface area contributed by atoms with Gasteiger partial charge in [0.15, 0.2) is 10.7 Å². The number of anilines is 1. The second kappa shape index (κ2) is 9.48. The Morgan fingerprint density at radius 2 is 1.83 bits per heavy atom. The standard InChI is InChI=1S/C27H20BrN3O3S/c1-15-9-10-16(26-29-23-14-17(33-2)11-12-24(23)34-26)13-22(15)30-27(35)31-25(32)20-7-3-6-19-18(20)5-4-8-21(19)28/h3-14H,1-2H3,(H2,30,31,32,35). The fourth-order valence-corrected chi connectivity index (χ4v) is 4.54. The van der Waals surface area contributed by atoms with E-state index in [1.54, 1.807) is 13.2 Å². The molecule has 5 aromatic rings. The number of aryl methyl sites for hydroxylation is 1. The first-order chi connectivity index (χ1) is 16.9. The minimum Gasteiger partial charge on any atom is -0.497 e. The number of fused-ring (bicyclic) bond motifs is 2. The highest BCUT2D eigenvalue weighted by Crippen LogP contribution is 2.30. The Hall–Kier alpha value is -3.75. The van der Waals surface area contributed by atoms with Gasteiger partial charge in [-0.05, 0) is 71.9 Å². The third kappa shape index (κ3) is 4.62. The number of methoxy groups -OCH3 is 1. The summed E-state index contributed by atoms with van der Waals surface area (Å²) in [6, 6.07) is 22.6. The van der Waals surface area contributed by atoms with Gasteiger partial charge in [-0.15, -0.1) is 0 Å². The summed E-state index contributed by atoms with van der Waals surface area (Å²) in [5.41, 5.74) is 4.39. The molecule has 0 aliphatic carbocycles. The maximum atomic E-state index is 13.0. The molecule has 35 heavy (non-hydrogen) atoms. The first-order valence-electron chi connectivity index (χ1n) is 10.8. The van der Waals surface area contributed by atoms with Gasteiger partial charge in [-0.2, -0.15) is 0 Å². The summed E-state index contributed by atoms with van der Waals surface area (Å²) in [6.45, 7) is 1.95. The zero-order valence-corrected chi connectivity index (χ0v) is 21.3. The predicted octanol–water partition coefficient (Wildman–Crippen LogP) is 6.85. The number of benzene rings is 4. The number of rotatable bonds is 4. The molecular formula is C27H20BrN3O3S. The topological polar surface area (TPSA) is 76.4 Å². The summed E-state index contributed by atoms with van der Waals surface area (Å²) < 4.78 is 12.1. The van der Waals surface area contributed by atoms with Gasteiger partial charge in [-0.1, -0.05) is 46.3 Å². The number of nitrogens with one attached hydrogen (secondary N) is 2. The first-order valence-corrected chi connectivity index (χ1v) is 12.0. The van der Waals surface area contributed by atoms with Gasteiger partial charge in [-0.3, -0.25) is 10.1 Å². The van der Waals surface area contributed by atoms with Crippen LogP contribution in [0.15, 0.2) is 81.7 Å². The van der Waals surface area contributed by atoms with Crippen LogP contribution in [0.5, 0.6) is 5.75 Å². The summed E-state index contributed by atoms with van der Waals surface area (Å²) in [6.07, 6.45) is 0. The molecule has 5 rings (SSSR count). The van der Waals surface area contributed by atoms with Crippen molar-refractivity contribution in [3.8, 4) is 17.2 Å².